The number of carbonyl (C=O) groups is 1. The average molecular weight is 335 g/mol. The monoisotopic (exact) mass is 335 g/mol. The van der Waals surface area contributed by atoms with Crippen molar-refractivity contribution in [2.24, 2.45) is 0 Å². The Morgan fingerprint density at radius 2 is 1.88 bits per heavy atom. The second-order valence-corrected chi connectivity index (χ2v) is 5.73. The van der Waals surface area contributed by atoms with E-state index >= 15 is 0 Å². The molecule has 0 unspecified atom stereocenters. The molecule has 2 aromatic carbocycles. The van der Waals surface area contributed by atoms with E-state index in [-0.39, 0.29) is 18.3 Å². The maximum Gasteiger partial charge on any atom is 0.253 e. The summed E-state index contributed by atoms with van der Waals surface area (Å²) in [5, 5.41) is 5.93. The Morgan fingerprint density at radius 3 is 2.68 bits per heavy atom. The molecule has 0 spiro atoms. The van der Waals surface area contributed by atoms with Gasteiger partial charge in [-0.25, -0.2) is 4.39 Å². The molecule has 1 amide bonds. The lowest BCUT2D eigenvalue weighted by Crippen LogP contribution is -2.23. The van der Waals surface area contributed by atoms with E-state index in [4.69, 9.17) is 0 Å². The van der Waals surface area contributed by atoms with Gasteiger partial charge in [0.2, 0.25) is 0 Å². The number of hydrogen-bond acceptors (Lipinski definition) is 3. The highest BCUT2D eigenvalue weighted by Crippen LogP contribution is 2.18. The molecule has 0 saturated heterocycles. The highest BCUT2D eigenvalue weighted by Gasteiger charge is 2.08. The van der Waals surface area contributed by atoms with Crippen LogP contribution in [0, 0.1) is 12.7 Å². The van der Waals surface area contributed by atoms with Crippen LogP contribution < -0.4 is 10.6 Å². The van der Waals surface area contributed by atoms with E-state index in [2.05, 4.69) is 15.6 Å². The van der Waals surface area contributed by atoms with Gasteiger partial charge in [0.1, 0.15) is 5.82 Å². The molecule has 0 bridgehead atoms. The number of carbonyl (C=O) groups excluding carboxylic acids is 1. The minimum atomic E-state index is -0.337. The summed E-state index contributed by atoms with van der Waals surface area (Å²) < 4.78 is 13.6. The van der Waals surface area contributed by atoms with E-state index in [1.54, 1.807) is 30.5 Å². The van der Waals surface area contributed by atoms with Gasteiger partial charge < -0.3 is 10.6 Å². The zero-order valence-electron chi connectivity index (χ0n) is 13.8. The Bertz CT molecular complexity index is 895. The van der Waals surface area contributed by atoms with Gasteiger partial charge in [0.25, 0.3) is 5.91 Å². The molecule has 0 aliphatic carbocycles. The van der Waals surface area contributed by atoms with Gasteiger partial charge in [-0.1, -0.05) is 30.3 Å². The number of pyridine rings is 1. The van der Waals surface area contributed by atoms with Crippen LogP contribution >= 0.6 is 0 Å². The van der Waals surface area contributed by atoms with Gasteiger partial charge in [-0.05, 0) is 36.8 Å². The third-order valence-corrected chi connectivity index (χ3v) is 3.70. The maximum absolute atomic E-state index is 13.6. The first-order valence-electron chi connectivity index (χ1n) is 7.92. The smallest absolute Gasteiger partial charge is 0.253 e. The van der Waals surface area contributed by atoms with Crippen molar-refractivity contribution in [2.45, 2.75) is 13.5 Å². The molecule has 5 heteroatoms. The normalized spacial score (nSPS) is 10.3. The number of anilines is 2. The van der Waals surface area contributed by atoms with Crippen molar-refractivity contribution in [3.63, 3.8) is 0 Å². The Balaban J connectivity index is 1.68. The van der Waals surface area contributed by atoms with Crippen LogP contribution in [0.25, 0.3) is 0 Å². The first-order chi connectivity index (χ1) is 12.1. The third kappa shape index (κ3) is 4.41. The van der Waals surface area contributed by atoms with E-state index in [1.807, 2.05) is 31.2 Å². The van der Waals surface area contributed by atoms with Crippen LogP contribution in [0.4, 0.5) is 15.8 Å². The zero-order chi connectivity index (χ0) is 17.6. The fraction of sp³-hybridized carbons (Fsp3) is 0.100. The molecule has 0 radical (unpaired) electrons. The number of hydrogen-bond donors (Lipinski definition) is 2. The van der Waals surface area contributed by atoms with E-state index in [1.165, 1.54) is 12.3 Å². The van der Waals surface area contributed by atoms with Crippen molar-refractivity contribution in [1.29, 1.82) is 0 Å². The van der Waals surface area contributed by atoms with E-state index < -0.39 is 0 Å². The van der Waals surface area contributed by atoms with Crippen LogP contribution in [-0.4, -0.2) is 10.9 Å². The summed E-state index contributed by atoms with van der Waals surface area (Å²) >= 11 is 0. The number of aryl methyl sites for hydroxylation is 1. The number of amides is 1. The minimum Gasteiger partial charge on any atom is -0.354 e. The molecule has 1 heterocycles. The molecule has 0 aliphatic heterocycles. The Labute approximate surface area is 145 Å². The van der Waals surface area contributed by atoms with Crippen molar-refractivity contribution in [3.8, 4) is 0 Å². The third-order valence-electron chi connectivity index (χ3n) is 3.70. The van der Waals surface area contributed by atoms with Crippen LogP contribution in [0.2, 0.25) is 0 Å². The van der Waals surface area contributed by atoms with Gasteiger partial charge in [0.05, 0.1) is 17.4 Å². The SMILES string of the molecule is Cc1cccc(Nc2cncc(C(=O)NCc3ccccc3F)c2)c1. The number of nitrogens with one attached hydrogen (secondary N) is 2. The van der Waals surface area contributed by atoms with Gasteiger partial charge in [0.15, 0.2) is 0 Å². The van der Waals surface area contributed by atoms with Crippen molar-refractivity contribution < 1.29 is 9.18 Å². The summed E-state index contributed by atoms with van der Waals surface area (Å²) in [6.45, 7) is 2.14. The molecule has 25 heavy (non-hydrogen) atoms. The van der Waals surface area contributed by atoms with E-state index in [0.717, 1.165) is 11.3 Å². The lowest BCUT2D eigenvalue weighted by molar-refractivity contribution is 0.0950. The molecular weight excluding hydrogens is 317 g/mol. The van der Waals surface area contributed by atoms with Gasteiger partial charge in [-0.2, -0.15) is 0 Å². The summed E-state index contributed by atoms with van der Waals surface area (Å²) in [4.78, 5) is 16.4. The average Bonchev–Trinajstić information content (AvgIpc) is 2.61. The van der Waals surface area contributed by atoms with Crippen molar-refractivity contribution in [3.05, 3.63) is 89.5 Å². The van der Waals surface area contributed by atoms with Crippen molar-refractivity contribution in [1.82, 2.24) is 10.3 Å². The van der Waals surface area contributed by atoms with Crippen LogP contribution in [0.1, 0.15) is 21.5 Å². The molecule has 3 aromatic rings. The van der Waals surface area contributed by atoms with Crippen molar-refractivity contribution in [2.75, 3.05) is 5.32 Å². The lowest BCUT2D eigenvalue weighted by atomic mass is 10.2. The highest BCUT2D eigenvalue weighted by atomic mass is 19.1. The molecule has 1 aromatic heterocycles. The highest BCUT2D eigenvalue weighted by molar-refractivity contribution is 5.94. The standard InChI is InChI=1S/C20H18FN3O/c1-14-5-4-7-17(9-14)24-18-10-16(11-22-13-18)20(25)23-12-15-6-2-3-8-19(15)21/h2-11,13,24H,12H2,1H3,(H,23,25). The molecule has 0 fully saturated rings. The Hall–Kier alpha value is -3.21. The fourth-order valence-corrected chi connectivity index (χ4v) is 2.44. The largest absolute Gasteiger partial charge is 0.354 e. The summed E-state index contributed by atoms with van der Waals surface area (Å²) in [5.74, 6) is -0.639. The number of rotatable bonds is 5. The number of halogens is 1. The van der Waals surface area contributed by atoms with Crippen LogP contribution in [0.15, 0.2) is 67.0 Å². The zero-order valence-corrected chi connectivity index (χ0v) is 13.8. The maximum atomic E-state index is 13.6. The first kappa shape index (κ1) is 16.6. The lowest BCUT2D eigenvalue weighted by Gasteiger charge is -2.09. The van der Waals surface area contributed by atoms with Crippen LogP contribution in [0.3, 0.4) is 0 Å². The predicted octanol–water partition coefficient (Wildman–Crippen LogP) is 4.20. The summed E-state index contributed by atoms with van der Waals surface area (Å²) in [5.41, 5.74) is 3.62. The number of nitrogens with zero attached hydrogens (tertiary/aromatic N) is 1. The van der Waals surface area contributed by atoms with Gasteiger partial charge >= 0.3 is 0 Å². The fourth-order valence-electron chi connectivity index (χ4n) is 2.44. The van der Waals surface area contributed by atoms with Crippen LogP contribution in [0.5, 0.6) is 0 Å². The molecule has 4 nitrogen and oxygen atoms in total. The van der Waals surface area contributed by atoms with Gasteiger partial charge in [0, 0.05) is 24.0 Å². The van der Waals surface area contributed by atoms with E-state index in [0.29, 0.717) is 16.8 Å². The Kier molecular flexibility index (Phi) is 5.04. The molecule has 3 rings (SSSR count). The van der Waals surface area contributed by atoms with Crippen LogP contribution in [-0.2, 0) is 6.54 Å². The van der Waals surface area contributed by atoms with Gasteiger partial charge in [-0.3, -0.25) is 9.78 Å². The molecule has 0 aliphatic rings. The molecule has 126 valence electrons. The second kappa shape index (κ2) is 7.57. The summed E-state index contributed by atoms with van der Waals surface area (Å²) in [7, 11) is 0. The van der Waals surface area contributed by atoms with Crippen molar-refractivity contribution >= 4 is 17.3 Å². The predicted molar refractivity (Wildman–Crippen MR) is 96.3 cm³/mol. The first-order valence-corrected chi connectivity index (χ1v) is 7.92. The molecule has 0 atom stereocenters. The van der Waals surface area contributed by atoms with Gasteiger partial charge in [-0.15, -0.1) is 0 Å². The second-order valence-electron chi connectivity index (χ2n) is 5.73. The van der Waals surface area contributed by atoms with E-state index in [9.17, 15) is 9.18 Å². The topological polar surface area (TPSA) is 54.0 Å². The summed E-state index contributed by atoms with van der Waals surface area (Å²) in [6.07, 6.45) is 3.13. The molecule has 2 N–H and O–H groups in total. The minimum absolute atomic E-state index is 0.126. The Morgan fingerprint density at radius 1 is 1.04 bits per heavy atom. The quantitative estimate of drug-likeness (QED) is 0.735. The number of aromatic nitrogens is 1. The molecular formula is C20H18FN3O. The summed E-state index contributed by atoms with van der Waals surface area (Å²) in [6, 6.07) is 16.0. The number of benzene rings is 2. The molecule has 0 saturated carbocycles.